The molecular weight excluding hydrogens is 310 g/mol. The van der Waals surface area contributed by atoms with Gasteiger partial charge >= 0.3 is 0 Å². The van der Waals surface area contributed by atoms with Crippen LogP contribution in [0.3, 0.4) is 0 Å². The highest BCUT2D eigenvalue weighted by atomic mass is 35.5. The molecule has 23 heavy (non-hydrogen) atoms. The number of ether oxygens (including phenoxy) is 1. The van der Waals surface area contributed by atoms with E-state index < -0.39 is 0 Å². The largest absolute Gasteiger partial charge is 0.497 e. The molecule has 0 saturated carbocycles. The van der Waals surface area contributed by atoms with Gasteiger partial charge in [0.15, 0.2) is 0 Å². The molecule has 0 unspecified atom stereocenters. The van der Waals surface area contributed by atoms with E-state index in [0.717, 1.165) is 30.6 Å². The third-order valence-electron chi connectivity index (χ3n) is 4.31. The van der Waals surface area contributed by atoms with Crippen molar-refractivity contribution in [1.29, 1.82) is 0 Å². The topological polar surface area (TPSA) is 38.3 Å². The minimum Gasteiger partial charge on any atom is -0.497 e. The number of amides is 1. The van der Waals surface area contributed by atoms with Gasteiger partial charge in [-0.3, -0.25) is 4.79 Å². The maximum Gasteiger partial charge on any atom is 0.224 e. The van der Waals surface area contributed by atoms with Crippen molar-refractivity contribution in [2.75, 3.05) is 7.11 Å². The van der Waals surface area contributed by atoms with Gasteiger partial charge in [-0.15, -0.1) is 0 Å². The number of rotatable bonds is 4. The number of nitrogens with one attached hydrogen (secondary N) is 1. The molecule has 2 aromatic carbocycles. The summed E-state index contributed by atoms with van der Waals surface area (Å²) >= 11 is 6.13. The van der Waals surface area contributed by atoms with Crippen LogP contribution in [-0.4, -0.2) is 13.0 Å². The quantitative estimate of drug-likeness (QED) is 0.917. The normalized spacial score (nSPS) is 16.5. The third-order valence-corrected chi connectivity index (χ3v) is 4.68. The van der Waals surface area contributed by atoms with Gasteiger partial charge in [-0.2, -0.15) is 0 Å². The maximum atomic E-state index is 12.4. The molecule has 1 N–H and O–H groups in total. The molecule has 0 bridgehead atoms. The fraction of sp³-hybridized carbons (Fsp3) is 0.316. The maximum absolute atomic E-state index is 12.4. The van der Waals surface area contributed by atoms with Crippen molar-refractivity contribution in [2.24, 2.45) is 0 Å². The number of carbonyl (C=O) groups excluding carboxylic acids is 1. The highest BCUT2D eigenvalue weighted by Gasteiger charge is 2.22. The van der Waals surface area contributed by atoms with Gasteiger partial charge in [0.05, 0.1) is 19.6 Å². The second kappa shape index (κ2) is 7.05. The Morgan fingerprint density at radius 2 is 2.13 bits per heavy atom. The molecule has 1 amide bonds. The van der Waals surface area contributed by atoms with Crippen LogP contribution in [0.1, 0.15) is 35.6 Å². The van der Waals surface area contributed by atoms with Crippen LogP contribution in [0.2, 0.25) is 5.02 Å². The monoisotopic (exact) mass is 329 g/mol. The van der Waals surface area contributed by atoms with Crippen molar-refractivity contribution >= 4 is 17.5 Å². The van der Waals surface area contributed by atoms with E-state index >= 15 is 0 Å². The smallest absolute Gasteiger partial charge is 0.224 e. The summed E-state index contributed by atoms with van der Waals surface area (Å²) in [6, 6.07) is 13.6. The van der Waals surface area contributed by atoms with Gasteiger partial charge in [0.2, 0.25) is 5.91 Å². The molecule has 0 aliphatic heterocycles. The van der Waals surface area contributed by atoms with E-state index in [9.17, 15) is 4.79 Å². The fourth-order valence-electron chi connectivity index (χ4n) is 3.13. The Labute approximate surface area is 141 Å². The fourth-order valence-corrected chi connectivity index (χ4v) is 3.33. The van der Waals surface area contributed by atoms with Crippen LogP contribution in [-0.2, 0) is 17.6 Å². The molecule has 4 heteroatoms. The standard InChI is InChI=1S/C19H20ClNO2/c1-23-15-9-10-16-13(11-15)6-4-8-18(16)21-19(22)12-14-5-2-3-7-17(14)20/h2-3,5,7,9-11,18H,4,6,8,12H2,1H3,(H,21,22)/t18-/m0/s1. The second-order valence-electron chi connectivity index (χ2n) is 5.85. The van der Waals surface area contributed by atoms with E-state index in [1.165, 1.54) is 11.1 Å². The summed E-state index contributed by atoms with van der Waals surface area (Å²) < 4.78 is 5.29. The molecule has 1 aliphatic carbocycles. The zero-order chi connectivity index (χ0) is 16.2. The highest BCUT2D eigenvalue weighted by Crippen LogP contribution is 2.32. The lowest BCUT2D eigenvalue weighted by molar-refractivity contribution is -0.121. The van der Waals surface area contributed by atoms with E-state index in [-0.39, 0.29) is 11.9 Å². The minimum absolute atomic E-state index is 0.00627. The summed E-state index contributed by atoms with van der Waals surface area (Å²) in [5.41, 5.74) is 3.32. The molecule has 3 nitrogen and oxygen atoms in total. The number of benzene rings is 2. The van der Waals surface area contributed by atoms with Gasteiger partial charge in [0.1, 0.15) is 5.75 Å². The third kappa shape index (κ3) is 3.67. The Bertz CT molecular complexity index is 714. The zero-order valence-corrected chi connectivity index (χ0v) is 13.9. The van der Waals surface area contributed by atoms with Gasteiger partial charge in [-0.25, -0.2) is 0 Å². The SMILES string of the molecule is COc1ccc2c(c1)CCC[C@@H]2NC(=O)Cc1ccccc1Cl. The van der Waals surface area contributed by atoms with E-state index in [1.807, 2.05) is 30.3 Å². The Morgan fingerprint density at radius 3 is 2.91 bits per heavy atom. The molecule has 0 spiro atoms. The number of carbonyl (C=O) groups is 1. The molecule has 0 saturated heterocycles. The van der Waals surface area contributed by atoms with Crippen LogP contribution in [0.25, 0.3) is 0 Å². The zero-order valence-electron chi connectivity index (χ0n) is 13.1. The summed E-state index contributed by atoms with van der Waals surface area (Å²) in [5.74, 6) is 0.874. The first kappa shape index (κ1) is 15.9. The predicted octanol–water partition coefficient (Wildman–Crippen LogP) is 4.08. The van der Waals surface area contributed by atoms with Crippen LogP contribution in [0, 0.1) is 0 Å². The molecule has 120 valence electrons. The minimum atomic E-state index is 0.00627. The van der Waals surface area contributed by atoms with Crippen molar-refractivity contribution in [3.8, 4) is 5.75 Å². The van der Waals surface area contributed by atoms with Gasteiger partial charge in [-0.1, -0.05) is 35.9 Å². The lowest BCUT2D eigenvalue weighted by atomic mass is 9.87. The van der Waals surface area contributed by atoms with Crippen LogP contribution in [0.15, 0.2) is 42.5 Å². The van der Waals surface area contributed by atoms with Crippen LogP contribution < -0.4 is 10.1 Å². The lowest BCUT2D eigenvalue weighted by Gasteiger charge is -2.27. The molecular formula is C19H20ClNO2. The molecule has 0 fully saturated rings. The average Bonchev–Trinajstić information content (AvgIpc) is 2.56. The van der Waals surface area contributed by atoms with Gasteiger partial charge in [0.25, 0.3) is 0 Å². The summed E-state index contributed by atoms with van der Waals surface area (Å²) in [6.07, 6.45) is 3.37. The van der Waals surface area contributed by atoms with Gasteiger partial charge in [-0.05, 0) is 54.2 Å². The molecule has 2 aromatic rings. The van der Waals surface area contributed by atoms with E-state index in [2.05, 4.69) is 17.4 Å². The summed E-state index contributed by atoms with van der Waals surface area (Å²) in [6.45, 7) is 0. The van der Waals surface area contributed by atoms with Crippen LogP contribution in [0.4, 0.5) is 0 Å². The first-order chi connectivity index (χ1) is 11.2. The number of hydrogen-bond acceptors (Lipinski definition) is 2. The molecule has 0 heterocycles. The van der Waals surface area contributed by atoms with Crippen molar-refractivity contribution in [3.63, 3.8) is 0 Å². The van der Waals surface area contributed by atoms with Crippen molar-refractivity contribution in [3.05, 3.63) is 64.2 Å². The van der Waals surface area contributed by atoms with Crippen molar-refractivity contribution in [2.45, 2.75) is 31.7 Å². The molecule has 0 radical (unpaired) electrons. The molecule has 0 aromatic heterocycles. The number of aryl methyl sites for hydroxylation is 1. The summed E-state index contributed by atoms with van der Waals surface area (Å²) in [4.78, 5) is 12.4. The predicted molar refractivity (Wildman–Crippen MR) is 92.0 cm³/mol. The van der Waals surface area contributed by atoms with E-state index in [1.54, 1.807) is 7.11 Å². The number of hydrogen-bond donors (Lipinski definition) is 1. The Kier molecular flexibility index (Phi) is 4.87. The Morgan fingerprint density at radius 1 is 1.30 bits per heavy atom. The molecule has 3 rings (SSSR count). The highest BCUT2D eigenvalue weighted by molar-refractivity contribution is 6.31. The van der Waals surface area contributed by atoms with Crippen LogP contribution >= 0.6 is 11.6 Å². The molecule has 1 aliphatic rings. The first-order valence-electron chi connectivity index (χ1n) is 7.87. The molecule has 1 atom stereocenters. The van der Waals surface area contributed by atoms with Crippen LogP contribution in [0.5, 0.6) is 5.75 Å². The summed E-state index contributed by atoms with van der Waals surface area (Å²) in [7, 11) is 1.67. The van der Waals surface area contributed by atoms with Gasteiger partial charge in [0, 0.05) is 5.02 Å². The van der Waals surface area contributed by atoms with Crippen molar-refractivity contribution < 1.29 is 9.53 Å². The number of halogens is 1. The lowest BCUT2D eigenvalue weighted by Crippen LogP contribution is -2.32. The first-order valence-corrected chi connectivity index (χ1v) is 8.25. The number of fused-ring (bicyclic) bond motifs is 1. The Hall–Kier alpha value is -2.00. The van der Waals surface area contributed by atoms with E-state index in [0.29, 0.717) is 11.4 Å². The van der Waals surface area contributed by atoms with Crippen molar-refractivity contribution in [1.82, 2.24) is 5.32 Å². The van der Waals surface area contributed by atoms with E-state index in [4.69, 9.17) is 16.3 Å². The summed E-state index contributed by atoms with van der Waals surface area (Å²) in [5, 5.41) is 3.79. The Balaban J connectivity index is 1.72. The number of methoxy groups -OCH3 is 1. The van der Waals surface area contributed by atoms with Gasteiger partial charge < -0.3 is 10.1 Å². The average molecular weight is 330 g/mol. The second-order valence-corrected chi connectivity index (χ2v) is 6.25.